The van der Waals surface area contributed by atoms with Gasteiger partial charge in [-0.05, 0) is 19.1 Å². The Hall–Kier alpha value is -2.60. The van der Waals surface area contributed by atoms with E-state index in [0.717, 1.165) is 28.0 Å². The molecule has 3 rings (SSSR count). The van der Waals surface area contributed by atoms with Gasteiger partial charge in [-0.1, -0.05) is 6.08 Å². The highest BCUT2D eigenvalue weighted by Crippen LogP contribution is 2.29. The number of rotatable bonds is 2. The largest absolute Gasteiger partial charge is 0.493 e. The molecule has 2 N–H and O–H groups in total. The average Bonchev–Trinajstić information content (AvgIpc) is 3.03. The summed E-state index contributed by atoms with van der Waals surface area (Å²) in [6.45, 7) is 5.25. The minimum atomic E-state index is 0. The van der Waals surface area contributed by atoms with Crippen LogP contribution in [0.1, 0.15) is 6.92 Å². The van der Waals surface area contributed by atoms with Crippen molar-refractivity contribution in [3.63, 3.8) is 0 Å². The molecular formula is C16H22N4O2. The summed E-state index contributed by atoms with van der Waals surface area (Å²) in [6, 6.07) is 4.12. The van der Waals surface area contributed by atoms with Crippen LogP contribution in [0.4, 0.5) is 0 Å². The van der Waals surface area contributed by atoms with Crippen LogP contribution in [0.15, 0.2) is 43.4 Å². The molecule has 0 bridgehead atoms. The van der Waals surface area contributed by atoms with Gasteiger partial charge in [0.2, 0.25) is 0 Å². The van der Waals surface area contributed by atoms with Crippen LogP contribution in [0.25, 0.3) is 22.3 Å². The number of fused-ring (bicyclic) bond motifs is 1. The lowest BCUT2D eigenvalue weighted by atomic mass is 10.2. The molecule has 3 aromatic heterocycles. The number of allylic oxidation sites excluding steroid dienone is 1. The first-order valence-corrected chi connectivity index (χ1v) is 6.66. The summed E-state index contributed by atoms with van der Waals surface area (Å²) in [5.41, 5.74) is 2.75. The Morgan fingerprint density at radius 2 is 2.00 bits per heavy atom. The van der Waals surface area contributed by atoms with Gasteiger partial charge in [-0.15, -0.1) is 6.58 Å². The Labute approximate surface area is 130 Å². The van der Waals surface area contributed by atoms with Gasteiger partial charge in [-0.25, -0.2) is 4.98 Å². The molecule has 118 valence electrons. The van der Waals surface area contributed by atoms with Crippen molar-refractivity contribution in [2.45, 2.75) is 6.92 Å². The second-order valence-electron chi connectivity index (χ2n) is 4.69. The van der Waals surface area contributed by atoms with Crippen molar-refractivity contribution in [3.8, 4) is 17.0 Å². The van der Waals surface area contributed by atoms with E-state index >= 15 is 0 Å². The third-order valence-corrected chi connectivity index (χ3v) is 3.00. The topological polar surface area (TPSA) is 76.4 Å². The van der Waals surface area contributed by atoms with E-state index in [1.807, 2.05) is 50.2 Å². The molecule has 0 saturated heterocycles. The summed E-state index contributed by atoms with van der Waals surface area (Å²) in [5, 5.41) is 5.51. The number of pyridine rings is 1. The van der Waals surface area contributed by atoms with Gasteiger partial charge in [0.25, 0.3) is 0 Å². The average molecular weight is 302 g/mol. The smallest absolute Gasteiger partial charge is 0.164 e. The third kappa shape index (κ3) is 3.35. The van der Waals surface area contributed by atoms with Crippen LogP contribution >= 0.6 is 0 Å². The van der Waals surface area contributed by atoms with Crippen molar-refractivity contribution in [1.29, 1.82) is 0 Å². The maximum absolute atomic E-state index is 5.32. The summed E-state index contributed by atoms with van der Waals surface area (Å²) in [5.74, 6) is 0.759. The molecule has 0 amide bonds. The zero-order valence-electron chi connectivity index (χ0n) is 13.4. The minimum absolute atomic E-state index is 0. The molecule has 3 heterocycles. The van der Waals surface area contributed by atoms with Gasteiger partial charge in [0, 0.05) is 37.4 Å². The van der Waals surface area contributed by atoms with Crippen molar-refractivity contribution in [2.75, 3.05) is 7.11 Å². The normalized spacial score (nSPS) is 9.64. The fourth-order valence-corrected chi connectivity index (χ4v) is 2.10. The van der Waals surface area contributed by atoms with Crippen LogP contribution < -0.4 is 4.74 Å². The molecule has 0 unspecified atom stereocenters. The lowest BCUT2D eigenvalue weighted by Crippen LogP contribution is -1.91. The molecule has 0 aliphatic rings. The summed E-state index contributed by atoms with van der Waals surface area (Å²) >= 11 is 0. The lowest BCUT2D eigenvalue weighted by Gasteiger charge is -2.01. The molecule has 6 nitrogen and oxygen atoms in total. The van der Waals surface area contributed by atoms with E-state index in [1.165, 1.54) is 0 Å². The van der Waals surface area contributed by atoms with E-state index in [1.54, 1.807) is 17.9 Å². The van der Waals surface area contributed by atoms with Gasteiger partial charge in [0.1, 0.15) is 11.3 Å². The summed E-state index contributed by atoms with van der Waals surface area (Å²) in [7, 11) is 5.51. The number of aromatic nitrogens is 4. The van der Waals surface area contributed by atoms with E-state index in [2.05, 4.69) is 22.7 Å². The van der Waals surface area contributed by atoms with Gasteiger partial charge < -0.3 is 14.8 Å². The van der Waals surface area contributed by atoms with Crippen LogP contribution in [0.2, 0.25) is 0 Å². The fraction of sp³-hybridized carbons (Fsp3) is 0.250. The second kappa shape index (κ2) is 7.42. The molecule has 0 spiro atoms. The Bertz CT molecular complexity index is 759. The number of aryl methyl sites for hydroxylation is 2. The molecule has 0 radical (unpaired) electrons. The molecule has 0 aliphatic heterocycles. The maximum Gasteiger partial charge on any atom is 0.164 e. The predicted octanol–water partition coefficient (Wildman–Crippen LogP) is 2.35. The molecular weight excluding hydrogens is 280 g/mol. The van der Waals surface area contributed by atoms with Crippen LogP contribution in [-0.4, -0.2) is 31.9 Å². The summed E-state index contributed by atoms with van der Waals surface area (Å²) in [6.07, 6.45) is 7.43. The molecule has 6 heteroatoms. The summed E-state index contributed by atoms with van der Waals surface area (Å²) in [4.78, 5) is 4.46. The Morgan fingerprint density at radius 3 is 2.64 bits per heavy atom. The van der Waals surface area contributed by atoms with Crippen molar-refractivity contribution < 1.29 is 10.2 Å². The first-order valence-electron chi connectivity index (χ1n) is 6.66. The first-order chi connectivity index (χ1) is 10.1. The van der Waals surface area contributed by atoms with Gasteiger partial charge in [0.15, 0.2) is 5.75 Å². The Kier molecular flexibility index (Phi) is 5.89. The minimum Gasteiger partial charge on any atom is -0.493 e. The van der Waals surface area contributed by atoms with Crippen LogP contribution in [0.5, 0.6) is 5.75 Å². The molecule has 0 aliphatic carbocycles. The fourth-order valence-electron chi connectivity index (χ4n) is 2.10. The van der Waals surface area contributed by atoms with Gasteiger partial charge in [0.05, 0.1) is 13.3 Å². The van der Waals surface area contributed by atoms with Gasteiger partial charge in [-0.2, -0.15) is 5.10 Å². The van der Waals surface area contributed by atoms with Gasteiger partial charge in [-0.3, -0.25) is 4.68 Å². The van der Waals surface area contributed by atoms with E-state index < -0.39 is 0 Å². The molecule has 22 heavy (non-hydrogen) atoms. The SMILES string of the molecule is C=CC.COc1cn(C)nc1-c1cnc2c(ccn2C)c1.O. The standard InChI is InChI=1S/C13H14N4O.C3H6.H2O/c1-16-5-4-9-6-10(7-14-13(9)16)12-11(18-3)8-17(2)15-12;1-3-2;/h4-8H,1-3H3;3H,1H2,2H3;1H2. The third-order valence-electron chi connectivity index (χ3n) is 3.00. The van der Waals surface area contributed by atoms with Crippen LogP contribution in [-0.2, 0) is 14.1 Å². The quantitative estimate of drug-likeness (QED) is 0.682. The molecule has 0 fully saturated rings. The monoisotopic (exact) mass is 302 g/mol. The zero-order valence-corrected chi connectivity index (χ0v) is 13.4. The highest BCUT2D eigenvalue weighted by atomic mass is 16.5. The van der Waals surface area contributed by atoms with Crippen LogP contribution in [0.3, 0.4) is 0 Å². The molecule has 0 aromatic carbocycles. The molecule has 0 saturated carbocycles. The number of nitrogens with zero attached hydrogens (tertiary/aromatic N) is 4. The predicted molar refractivity (Wildman–Crippen MR) is 89.0 cm³/mol. The van der Waals surface area contributed by atoms with E-state index in [4.69, 9.17) is 4.74 Å². The second-order valence-corrected chi connectivity index (χ2v) is 4.69. The Morgan fingerprint density at radius 1 is 1.32 bits per heavy atom. The van der Waals surface area contributed by atoms with Crippen molar-refractivity contribution in [3.05, 3.63) is 43.4 Å². The Balaban J connectivity index is 0.000000562. The zero-order chi connectivity index (χ0) is 15.4. The molecule has 0 atom stereocenters. The van der Waals surface area contributed by atoms with Crippen molar-refractivity contribution in [2.24, 2.45) is 14.1 Å². The molecule has 3 aromatic rings. The lowest BCUT2D eigenvalue weighted by molar-refractivity contribution is 0.416. The van der Waals surface area contributed by atoms with E-state index in [0.29, 0.717) is 0 Å². The number of hydrogen-bond acceptors (Lipinski definition) is 3. The van der Waals surface area contributed by atoms with E-state index in [9.17, 15) is 0 Å². The first kappa shape index (κ1) is 17.5. The van der Waals surface area contributed by atoms with Crippen molar-refractivity contribution >= 4 is 11.0 Å². The summed E-state index contributed by atoms with van der Waals surface area (Å²) < 4.78 is 9.06. The number of methoxy groups -OCH3 is 1. The van der Waals surface area contributed by atoms with Crippen molar-refractivity contribution in [1.82, 2.24) is 19.3 Å². The number of hydrogen-bond donors (Lipinski definition) is 0. The maximum atomic E-state index is 5.32. The van der Waals surface area contributed by atoms with Gasteiger partial charge >= 0.3 is 0 Å². The van der Waals surface area contributed by atoms with E-state index in [-0.39, 0.29) is 5.48 Å². The highest BCUT2D eigenvalue weighted by Gasteiger charge is 2.12. The van der Waals surface area contributed by atoms with Crippen LogP contribution in [0, 0.1) is 0 Å². The number of ether oxygens (including phenoxy) is 1. The highest BCUT2D eigenvalue weighted by molar-refractivity contribution is 5.82.